The molecule has 1 aromatic carbocycles. The zero-order chi connectivity index (χ0) is 16.8. The third-order valence-electron chi connectivity index (χ3n) is 5.42. The molecule has 3 unspecified atom stereocenters. The molecule has 1 saturated heterocycles. The molecular formula is C18H25N5O. The highest BCUT2D eigenvalue weighted by Crippen LogP contribution is 2.40. The van der Waals surface area contributed by atoms with Gasteiger partial charge in [-0.15, -0.1) is 0 Å². The van der Waals surface area contributed by atoms with Gasteiger partial charge in [-0.3, -0.25) is 9.89 Å². The maximum atomic E-state index is 6.56. The summed E-state index contributed by atoms with van der Waals surface area (Å²) in [6, 6.07) is 5.85. The summed E-state index contributed by atoms with van der Waals surface area (Å²) in [5.74, 6) is 1.03. The van der Waals surface area contributed by atoms with E-state index in [4.69, 9.17) is 21.2 Å². The van der Waals surface area contributed by atoms with Gasteiger partial charge in [-0.25, -0.2) is 0 Å². The van der Waals surface area contributed by atoms with Gasteiger partial charge in [-0.1, -0.05) is 6.07 Å². The fourth-order valence-corrected chi connectivity index (χ4v) is 4.06. The Labute approximate surface area is 142 Å². The molecular weight excluding hydrogens is 302 g/mol. The molecule has 4 rings (SSSR count). The lowest BCUT2D eigenvalue weighted by Crippen LogP contribution is -2.48. The van der Waals surface area contributed by atoms with Crippen molar-refractivity contribution < 1.29 is 4.74 Å². The van der Waals surface area contributed by atoms with E-state index < -0.39 is 0 Å². The summed E-state index contributed by atoms with van der Waals surface area (Å²) in [6.45, 7) is 1.82. The van der Waals surface area contributed by atoms with Gasteiger partial charge in [0.05, 0.1) is 17.9 Å². The number of likely N-dealkylation sites (N-methyl/N-ethyl adjacent to an activating group) is 1. The number of nitrogens with zero attached hydrogens (tertiary/aromatic N) is 3. The molecule has 24 heavy (non-hydrogen) atoms. The van der Waals surface area contributed by atoms with E-state index in [1.54, 1.807) is 0 Å². The predicted octanol–water partition coefficient (Wildman–Crippen LogP) is 1.43. The van der Waals surface area contributed by atoms with Crippen LogP contribution in [0.1, 0.15) is 12.8 Å². The molecule has 3 atom stereocenters. The highest BCUT2D eigenvalue weighted by molar-refractivity contribution is 5.84. The van der Waals surface area contributed by atoms with Crippen molar-refractivity contribution in [3.8, 4) is 5.75 Å². The van der Waals surface area contributed by atoms with Crippen LogP contribution in [0.25, 0.3) is 0 Å². The zero-order valence-electron chi connectivity index (χ0n) is 14.3. The van der Waals surface area contributed by atoms with Crippen molar-refractivity contribution in [2.75, 3.05) is 37.8 Å². The Kier molecular flexibility index (Phi) is 3.64. The molecule has 3 heterocycles. The van der Waals surface area contributed by atoms with Crippen LogP contribution in [0.15, 0.2) is 34.5 Å². The van der Waals surface area contributed by atoms with Crippen LogP contribution in [0, 0.1) is 5.92 Å². The first-order valence-corrected chi connectivity index (χ1v) is 8.55. The smallest absolute Gasteiger partial charge is 0.166 e. The van der Waals surface area contributed by atoms with Gasteiger partial charge in [0.2, 0.25) is 0 Å². The number of hydrogen-bond acceptors (Lipinski definition) is 6. The molecule has 6 heteroatoms. The number of piperidine rings is 1. The molecule has 0 radical (unpaired) electrons. The zero-order valence-corrected chi connectivity index (χ0v) is 14.3. The second kappa shape index (κ2) is 5.70. The summed E-state index contributed by atoms with van der Waals surface area (Å²) in [6.07, 6.45) is 4.19. The van der Waals surface area contributed by atoms with Gasteiger partial charge < -0.3 is 21.1 Å². The molecule has 0 aliphatic carbocycles. The first-order valence-electron chi connectivity index (χ1n) is 8.55. The van der Waals surface area contributed by atoms with E-state index in [2.05, 4.69) is 23.9 Å². The third-order valence-corrected chi connectivity index (χ3v) is 5.42. The van der Waals surface area contributed by atoms with Crippen LogP contribution in [0.4, 0.5) is 11.4 Å². The van der Waals surface area contributed by atoms with Gasteiger partial charge >= 0.3 is 0 Å². The van der Waals surface area contributed by atoms with Crippen molar-refractivity contribution in [2.24, 2.45) is 16.6 Å². The van der Waals surface area contributed by atoms with Crippen molar-refractivity contribution in [2.45, 2.75) is 25.1 Å². The summed E-state index contributed by atoms with van der Waals surface area (Å²) in [4.78, 5) is 9.24. The highest BCUT2D eigenvalue weighted by atomic mass is 16.5. The Morgan fingerprint density at radius 2 is 2.08 bits per heavy atom. The van der Waals surface area contributed by atoms with Crippen LogP contribution in [-0.2, 0) is 0 Å². The minimum Gasteiger partial charge on any atom is -0.479 e. The van der Waals surface area contributed by atoms with E-state index in [9.17, 15) is 0 Å². The molecule has 0 saturated carbocycles. The maximum Gasteiger partial charge on any atom is 0.166 e. The van der Waals surface area contributed by atoms with Gasteiger partial charge in [0.25, 0.3) is 0 Å². The van der Waals surface area contributed by atoms with Gasteiger partial charge in [0, 0.05) is 30.5 Å². The fourth-order valence-electron chi connectivity index (χ4n) is 4.06. The lowest BCUT2D eigenvalue weighted by Gasteiger charge is -2.41. The maximum absolute atomic E-state index is 6.56. The molecule has 0 amide bonds. The molecule has 0 aromatic heterocycles. The second-order valence-corrected chi connectivity index (χ2v) is 7.01. The molecule has 3 aliphatic rings. The largest absolute Gasteiger partial charge is 0.479 e. The minimum absolute atomic E-state index is 0.135. The topological polar surface area (TPSA) is 80.1 Å². The van der Waals surface area contributed by atoms with Crippen molar-refractivity contribution in [3.05, 3.63) is 29.5 Å². The summed E-state index contributed by atoms with van der Waals surface area (Å²) >= 11 is 0. The number of hydrogen-bond donors (Lipinski definition) is 2. The summed E-state index contributed by atoms with van der Waals surface area (Å²) in [5.41, 5.74) is 16.3. The molecule has 1 aromatic rings. The number of aliphatic imine (C=N–C) groups is 1. The van der Waals surface area contributed by atoms with Gasteiger partial charge in [0.1, 0.15) is 12.3 Å². The fraction of sp³-hybridized carbons (Fsp3) is 0.500. The van der Waals surface area contributed by atoms with Crippen molar-refractivity contribution >= 4 is 17.6 Å². The molecule has 3 aliphatic heterocycles. The van der Waals surface area contributed by atoms with Crippen molar-refractivity contribution in [1.29, 1.82) is 0 Å². The van der Waals surface area contributed by atoms with E-state index in [1.165, 1.54) is 0 Å². The Morgan fingerprint density at radius 1 is 1.25 bits per heavy atom. The number of rotatable bonds is 1. The SMILES string of the molecule is CN1CC(C2=C(N)C3CCCN(C)C3N=C2)Oc2c(N)cccc21. The second-order valence-electron chi connectivity index (χ2n) is 7.01. The Balaban J connectivity index is 1.66. The third kappa shape index (κ3) is 2.33. The lowest BCUT2D eigenvalue weighted by molar-refractivity contribution is 0.140. The average Bonchev–Trinajstić information content (AvgIpc) is 2.57. The monoisotopic (exact) mass is 327 g/mol. The van der Waals surface area contributed by atoms with Gasteiger partial charge in [-0.05, 0) is 38.6 Å². The van der Waals surface area contributed by atoms with Gasteiger partial charge in [-0.2, -0.15) is 0 Å². The summed E-state index contributed by atoms with van der Waals surface area (Å²) in [7, 11) is 4.18. The van der Waals surface area contributed by atoms with Crippen LogP contribution >= 0.6 is 0 Å². The number of para-hydroxylation sites is 1. The van der Waals surface area contributed by atoms with E-state index in [-0.39, 0.29) is 18.2 Å². The first-order chi connectivity index (χ1) is 11.6. The quantitative estimate of drug-likeness (QED) is 0.763. The van der Waals surface area contributed by atoms with Crippen LogP contribution in [-0.4, -0.2) is 50.6 Å². The number of fused-ring (bicyclic) bond motifs is 2. The lowest BCUT2D eigenvalue weighted by atomic mass is 9.86. The molecule has 128 valence electrons. The van der Waals surface area contributed by atoms with Crippen LogP contribution in [0.2, 0.25) is 0 Å². The van der Waals surface area contributed by atoms with Crippen molar-refractivity contribution in [3.63, 3.8) is 0 Å². The summed E-state index contributed by atoms with van der Waals surface area (Å²) in [5, 5.41) is 0. The van der Waals surface area contributed by atoms with E-state index in [0.29, 0.717) is 5.69 Å². The Bertz CT molecular complexity index is 713. The van der Waals surface area contributed by atoms with E-state index in [1.807, 2.05) is 24.4 Å². The molecule has 0 spiro atoms. The normalized spacial score (nSPS) is 29.9. The van der Waals surface area contributed by atoms with Crippen LogP contribution in [0.3, 0.4) is 0 Å². The number of nitrogens with two attached hydrogens (primary N) is 2. The molecule has 6 nitrogen and oxygen atoms in total. The first kappa shape index (κ1) is 15.3. The number of anilines is 2. The standard InChI is InChI=1S/C18H25N5O/c1-22-8-4-5-11-16(20)12(9-21-18(11)22)15-10-23(2)14-7-3-6-13(19)17(14)24-15/h3,6-7,9,11,15,18H,4-5,8,10,19-20H2,1-2H3. The molecule has 0 bridgehead atoms. The van der Waals surface area contributed by atoms with Crippen molar-refractivity contribution in [1.82, 2.24) is 4.90 Å². The number of benzene rings is 1. The average molecular weight is 327 g/mol. The van der Waals surface area contributed by atoms with Crippen LogP contribution in [0.5, 0.6) is 5.75 Å². The molecule has 1 fully saturated rings. The number of dihydropyridines is 1. The summed E-state index contributed by atoms with van der Waals surface area (Å²) < 4.78 is 6.24. The van der Waals surface area contributed by atoms with Gasteiger partial charge in [0.15, 0.2) is 5.75 Å². The predicted molar refractivity (Wildman–Crippen MR) is 97.4 cm³/mol. The minimum atomic E-state index is -0.135. The van der Waals surface area contributed by atoms with E-state index >= 15 is 0 Å². The Hall–Kier alpha value is -2.21. The molecule has 4 N–H and O–H groups in total. The van der Waals surface area contributed by atoms with Crippen LogP contribution < -0.4 is 21.1 Å². The number of ether oxygens (including phenoxy) is 1. The highest BCUT2D eigenvalue weighted by Gasteiger charge is 2.37. The number of likely N-dealkylation sites (tertiary alicyclic amines) is 1. The Morgan fingerprint density at radius 3 is 2.92 bits per heavy atom. The number of nitrogen functional groups attached to an aromatic ring is 1. The van der Waals surface area contributed by atoms with E-state index in [0.717, 1.165) is 48.6 Å².